The Morgan fingerprint density at radius 3 is 2.65 bits per heavy atom. The van der Waals surface area contributed by atoms with Crippen LogP contribution in [-0.2, 0) is 17.8 Å². The minimum atomic E-state index is -0.228. The van der Waals surface area contributed by atoms with Gasteiger partial charge in [0.2, 0.25) is 5.91 Å². The van der Waals surface area contributed by atoms with Crippen LogP contribution in [0.3, 0.4) is 0 Å². The van der Waals surface area contributed by atoms with E-state index in [4.69, 9.17) is 0 Å². The lowest BCUT2D eigenvalue weighted by molar-refractivity contribution is -0.116. The normalized spacial score (nSPS) is 16.2. The van der Waals surface area contributed by atoms with Crippen molar-refractivity contribution in [3.63, 3.8) is 0 Å². The topological polar surface area (TPSA) is 70.2 Å². The van der Waals surface area contributed by atoms with Crippen molar-refractivity contribution in [2.45, 2.75) is 44.6 Å². The van der Waals surface area contributed by atoms with Crippen LogP contribution in [0.5, 0.6) is 0 Å². The predicted octanol–water partition coefficient (Wildman–Crippen LogP) is 4.16. The molecule has 1 aliphatic carbocycles. The zero-order valence-electron chi connectivity index (χ0n) is 14.7. The number of urea groups is 1. The van der Waals surface area contributed by atoms with Crippen molar-refractivity contribution in [2.75, 3.05) is 10.6 Å². The molecule has 0 aromatic heterocycles. The van der Waals surface area contributed by atoms with Crippen LogP contribution in [0, 0.1) is 0 Å². The molecule has 0 radical (unpaired) electrons. The van der Waals surface area contributed by atoms with Gasteiger partial charge in [0.25, 0.3) is 0 Å². The van der Waals surface area contributed by atoms with Gasteiger partial charge >= 0.3 is 6.03 Å². The minimum Gasteiger partial charge on any atom is -0.334 e. The highest BCUT2D eigenvalue weighted by molar-refractivity contribution is 5.94. The van der Waals surface area contributed by atoms with E-state index in [2.05, 4.69) is 40.2 Å². The molecule has 4 rings (SSSR count). The molecule has 3 N–H and O–H groups in total. The van der Waals surface area contributed by atoms with Gasteiger partial charge in [-0.05, 0) is 66.5 Å². The summed E-state index contributed by atoms with van der Waals surface area (Å²) in [6.45, 7) is 0.498. The van der Waals surface area contributed by atoms with Crippen LogP contribution in [0.1, 0.15) is 48.3 Å². The first kappa shape index (κ1) is 16.6. The summed E-state index contributed by atoms with van der Waals surface area (Å²) in [6.07, 6.45) is 4.79. The molecule has 26 heavy (non-hydrogen) atoms. The number of aryl methyl sites for hydroxylation is 1. The maximum Gasteiger partial charge on any atom is 0.319 e. The number of anilines is 2. The molecule has 134 valence electrons. The molecule has 0 spiro atoms. The van der Waals surface area contributed by atoms with Crippen molar-refractivity contribution >= 4 is 23.3 Å². The number of amides is 3. The maximum absolute atomic E-state index is 12.2. The van der Waals surface area contributed by atoms with E-state index in [0.717, 1.165) is 41.3 Å². The first-order chi connectivity index (χ1) is 12.7. The summed E-state index contributed by atoms with van der Waals surface area (Å²) >= 11 is 0. The molecule has 1 fully saturated rings. The summed E-state index contributed by atoms with van der Waals surface area (Å²) in [6, 6.07) is 13.9. The second-order valence-electron chi connectivity index (χ2n) is 7.10. The monoisotopic (exact) mass is 349 g/mol. The SMILES string of the molecule is O=C1CCCc2cc(NC(=O)NCc3ccc(C4CC4)cc3)ccc2N1. The molecule has 0 saturated heterocycles. The lowest BCUT2D eigenvalue weighted by Crippen LogP contribution is -2.28. The quantitative estimate of drug-likeness (QED) is 0.776. The van der Waals surface area contributed by atoms with Crippen LogP contribution in [0.15, 0.2) is 42.5 Å². The van der Waals surface area contributed by atoms with Gasteiger partial charge in [0.15, 0.2) is 0 Å². The fraction of sp³-hybridized carbons (Fsp3) is 0.333. The van der Waals surface area contributed by atoms with Gasteiger partial charge in [0, 0.05) is 24.3 Å². The highest BCUT2D eigenvalue weighted by Gasteiger charge is 2.22. The third kappa shape index (κ3) is 4.04. The minimum absolute atomic E-state index is 0.0508. The third-order valence-corrected chi connectivity index (χ3v) is 4.97. The van der Waals surface area contributed by atoms with E-state index < -0.39 is 0 Å². The number of fused-ring (bicyclic) bond motifs is 1. The Balaban J connectivity index is 1.33. The summed E-state index contributed by atoms with van der Waals surface area (Å²) in [5, 5.41) is 8.66. The molecule has 0 atom stereocenters. The number of carbonyl (C=O) groups excluding carboxylic acids is 2. The Morgan fingerprint density at radius 1 is 1.08 bits per heavy atom. The number of benzene rings is 2. The Hall–Kier alpha value is -2.82. The van der Waals surface area contributed by atoms with E-state index in [1.807, 2.05) is 18.2 Å². The van der Waals surface area contributed by atoms with Gasteiger partial charge in [0.1, 0.15) is 0 Å². The average Bonchev–Trinajstić information content (AvgIpc) is 3.48. The molecule has 0 bridgehead atoms. The van der Waals surface area contributed by atoms with Crippen molar-refractivity contribution in [2.24, 2.45) is 0 Å². The Morgan fingerprint density at radius 2 is 1.88 bits per heavy atom. The molecule has 5 nitrogen and oxygen atoms in total. The third-order valence-electron chi connectivity index (χ3n) is 4.97. The molecular formula is C21H23N3O2. The molecule has 2 aromatic rings. The Labute approximate surface area is 153 Å². The van der Waals surface area contributed by atoms with E-state index >= 15 is 0 Å². The van der Waals surface area contributed by atoms with Crippen molar-refractivity contribution in [1.29, 1.82) is 0 Å². The molecule has 1 heterocycles. The van der Waals surface area contributed by atoms with Crippen molar-refractivity contribution in [1.82, 2.24) is 5.32 Å². The van der Waals surface area contributed by atoms with E-state index in [1.54, 1.807) is 0 Å². The van der Waals surface area contributed by atoms with Crippen LogP contribution < -0.4 is 16.0 Å². The second-order valence-corrected chi connectivity index (χ2v) is 7.10. The van der Waals surface area contributed by atoms with Gasteiger partial charge in [-0.3, -0.25) is 4.79 Å². The average molecular weight is 349 g/mol. The van der Waals surface area contributed by atoms with E-state index in [9.17, 15) is 9.59 Å². The largest absolute Gasteiger partial charge is 0.334 e. The predicted molar refractivity (Wildman–Crippen MR) is 102 cm³/mol. The van der Waals surface area contributed by atoms with Gasteiger partial charge in [-0.2, -0.15) is 0 Å². The lowest BCUT2D eigenvalue weighted by Gasteiger charge is -2.11. The molecule has 2 aliphatic rings. The van der Waals surface area contributed by atoms with Crippen LogP contribution in [0.4, 0.5) is 16.2 Å². The van der Waals surface area contributed by atoms with E-state index in [0.29, 0.717) is 13.0 Å². The van der Waals surface area contributed by atoms with Gasteiger partial charge in [0.05, 0.1) is 0 Å². The number of rotatable bonds is 4. The van der Waals surface area contributed by atoms with Crippen LogP contribution in [0.25, 0.3) is 0 Å². The van der Waals surface area contributed by atoms with Gasteiger partial charge in [-0.15, -0.1) is 0 Å². The summed E-state index contributed by atoms with van der Waals surface area (Å²) < 4.78 is 0. The highest BCUT2D eigenvalue weighted by atomic mass is 16.2. The molecule has 1 saturated carbocycles. The van der Waals surface area contributed by atoms with Gasteiger partial charge < -0.3 is 16.0 Å². The molecule has 5 heteroatoms. The number of hydrogen-bond acceptors (Lipinski definition) is 2. The van der Waals surface area contributed by atoms with Gasteiger partial charge in [-0.25, -0.2) is 4.79 Å². The zero-order valence-corrected chi connectivity index (χ0v) is 14.7. The maximum atomic E-state index is 12.2. The number of carbonyl (C=O) groups is 2. The van der Waals surface area contributed by atoms with Crippen LogP contribution in [-0.4, -0.2) is 11.9 Å². The zero-order chi connectivity index (χ0) is 17.9. The number of nitrogens with one attached hydrogen (secondary N) is 3. The number of hydrogen-bond donors (Lipinski definition) is 3. The first-order valence-electron chi connectivity index (χ1n) is 9.24. The standard InChI is InChI=1S/C21H23N3O2/c25-20-3-1-2-17-12-18(10-11-19(17)24-20)23-21(26)22-13-14-4-6-15(7-5-14)16-8-9-16/h4-7,10-12,16H,1-3,8-9,13H2,(H,24,25)(H2,22,23,26). The summed E-state index contributed by atoms with van der Waals surface area (Å²) in [7, 11) is 0. The molecule has 1 aliphatic heterocycles. The molecule has 0 unspecified atom stereocenters. The van der Waals surface area contributed by atoms with Crippen LogP contribution >= 0.6 is 0 Å². The van der Waals surface area contributed by atoms with Crippen molar-refractivity contribution in [3.8, 4) is 0 Å². The van der Waals surface area contributed by atoms with Gasteiger partial charge in [-0.1, -0.05) is 24.3 Å². The smallest absolute Gasteiger partial charge is 0.319 e. The van der Waals surface area contributed by atoms with Crippen molar-refractivity contribution in [3.05, 3.63) is 59.2 Å². The van der Waals surface area contributed by atoms with Crippen molar-refractivity contribution < 1.29 is 9.59 Å². The molecular weight excluding hydrogens is 326 g/mol. The molecule has 3 amide bonds. The summed E-state index contributed by atoms with van der Waals surface area (Å²) in [4.78, 5) is 23.8. The Kier molecular flexibility index (Phi) is 4.61. The van der Waals surface area contributed by atoms with Crippen LogP contribution in [0.2, 0.25) is 0 Å². The summed E-state index contributed by atoms with van der Waals surface area (Å²) in [5.41, 5.74) is 5.13. The van der Waals surface area contributed by atoms with E-state index in [-0.39, 0.29) is 11.9 Å². The second kappa shape index (κ2) is 7.20. The fourth-order valence-electron chi connectivity index (χ4n) is 3.33. The fourth-order valence-corrected chi connectivity index (χ4v) is 3.33. The molecule has 2 aromatic carbocycles. The van der Waals surface area contributed by atoms with E-state index in [1.165, 1.54) is 18.4 Å². The Bertz CT molecular complexity index is 826. The summed E-state index contributed by atoms with van der Waals surface area (Å²) in [5.74, 6) is 0.799. The first-order valence-corrected chi connectivity index (χ1v) is 9.24. The highest BCUT2D eigenvalue weighted by Crippen LogP contribution is 2.39. The lowest BCUT2D eigenvalue weighted by atomic mass is 10.1.